The van der Waals surface area contributed by atoms with Gasteiger partial charge in [-0.1, -0.05) is 12.4 Å². The molecule has 1 saturated heterocycles. The summed E-state index contributed by atoms with van der Waals surface area (Å²) in [4.78, 5) is 6.98. The fourth-order valence-corrected chi connectivity index (χ4v) is 3.53. The lowest BCUT2D eigenvalue weighted by Crippen LogP contribution is -2.38. The monoisotopic (exact) mass is 296 g/mol. The van der Waals surface area contributed by atoms with Gasteiger partial charge in [-0.3, -0.25) is 5.10 Å². The number of hydrogen-bond acceptors (Lipinski definition) is 2. The number of aromatic nitrogens is 3. The summed E-state index contributed by atoms with van der Waals surface area (Å²) >= 11 is 0. The first-order chi connectivity index (χ1) is 10.5. The van der Waals surface area contributed by atoms with Gasteiger partial charge < -0.3 is 4.90 Å². The van der Waals surface area contributed by atoms with E-state index in [9.17, 15) is 4.39 Å². The van der Waals surface area contributed by atoms with E-state index in [4.69, 9.17) is 7.85 Å². The number of likely N-dealkylation sites (tertiary alicyclic amines) is 1. The molecule has 0 atom stereocenters. The number of imidazole rings is 1. The van der Waals surface area contributed by atoms with E-state index in [0.29, 0.717) is 11.0 Å². The fourth-order valence-electron chi connectivity index (χ4n) is 3.53. The zero-order chi connectivity index (χ0) is 15.5. The van der Waals surface area contributed by atoms with E-state index >= 15 is 0 Å². The molecule has 0 unspecified atom stereocenters. The molecule has 1 aromatic carbocycles. The van der Waals surface area contributed by atoms with Crippen LogP contribution >= 0.6 is 0 Å². The molecule has 112 valence electrons. The Morgan fingerprint density at radius 1 is 1.32 bits per heavy atom. The first kappa shape index (κ1) is 13.8. The third-order valence-corrected chi connectivity index (χ3v) is 5.07. The maximum Gasteiger partial charge on any atom is 0.157 e. The molecule has 0 saturated carbocycles. The number of halogens is 1. The van der Waals surface area contributed by atoms with Crippen LogP contribution in [0.5, 0.6) is 0 Å². The summed E-state index contributed by atoms with van der Waals surface area (Å²) in [7, 11) is 8.13. The molecule has 0 amide bonds. The summed E-state index contributed by atoms with van der Waals surface area (Å²) in [5, 5.41) is 3.24. The number of benzene rings is 1. The summed E-state index contributed by atoms with van der Waals surface area (Å²) in [6.45, 7) is 4.43. The Bertz CT molecular complexity index is 858. The van der Waals surface area contributed by atoms with Crippen LogP contribution in [0.4, 0.5) is 4.39 Å². The molecule has 1 aliphatic rings. The Morgan fingerprint density at radius 2 is 2.05 bits per heavy atom. The van der Waals surface area contributed by atoms with Crippen molar-refractivity contribution in [2.24, 2.45) is 0 Å². The zero-order valence-electron chi connectivity index (χ0n) is 12.9. The highest BCUT2D eigenvalue weighted by Crippen LogP contribution is 2.37. The van der Waals surface area contributed by atoms with Crippen LogP contribution in [-0.2, 0) is 5.41 Å². The Kier molecular flexibility index (Phi) is 2.88. The van der Waals surface area contributed by atoms with E-state index in [2.05, 4.69) is 29.0 Å². The van der Waals surface area contributed by atoms with Gasteiger partial charge in [0, 0.05) is 23.2 Å². The van der Waals surface area contributed by atoms with E-state index in [0.717, 1.165) is 37.1 Å². The first-order valence-electron chi connectivity index (χ1n) is 7.61. The van der Waals surface area contributed by atoms with Crippen molar-refractivity contribution in [1.82, 2.24) is 19.5 Å². The highest BCUT2D eigenvalue weighted by Gasteiger charge is 2.34. The van der Waals surface area contributed by atoms with Gasteiger partial charge in [-0.15, -0.1) is 0 Å². The molecule has 1 aliphatic heterocycles. The highest BCUT2D eigenvalue weighted by atomic mass is 19.1. The second-order valence-corrected chi connectivity index (χ2v) is 6.68. The minimum atomic E-state index is -0.349. The predicted molar refractivity (Wildman–Crippen MR) is 86.5 cm³/mol. The van der Waals surface area contributed by atoms with Crippen molar-refractivity contribution in [3.8, 4) is 0 Å². The molecule has 0 aliphatic carbocycles. The highest BCUT2D eigenvalue weighted by molar-refractivity contribution is 6.38. The van der Waals surface area contributed by atoms with Crippen LogP contribution in [0.3, 0.4) is 0 Å². The molecule has 3 aromatic rings. The van der Waals surface area contributed by atoms with E-state index in [1.807, 2.05) is 10.7 Å². The molecule has 6 heteroatoms. The van der Waals surface area contributed by atoms with Gasteiger partial charge in [0.15, 0.2) is 5.65 Å². The van der Waals surface area contributed by atoms with Crippen LogP contribution < -0.4 is 5.46 Å². The number of piperidine rings is 1. The fraction of sp³-hybridized carbons (Fsp3) is 0.438. The Balaban J connectivity index is 1.91. The summed E-state index contributed by atoms with van der Waals surface area (Å²) in [5.41, 5.74) is 3.89. The smallest absolute Gasteiger partial charge is 0.157 e. The van der Waals surface area contributed by atoms with Gasteiger partial charge in [0.1, 0.15) is 13.7 Å². The average molecular weight is 296 g/mol. The topological polar surface area (TPSA) is 36.3 Å². The van der Waals surface area contributed by atoms with Crippen molar-refractivity contribution in [3.05, 3.63) is 29.7 Å². The Morgan fingerprint density at radius 3 is 2.77 bits per heavy atom. The summed E-state index contributed by atoms with van der Waals surface area (Å²) in [6.07, 6.45) is 4.20. The van der Waals surface area contributed by atoms with Gasteiger partial charge in [0.2, 0.25) is 0 Å². The molecular weight excluding hydrogens is 278 g/mol. The number of fused-ring (bicyclic) bond motifs is 3. The summed E-state index contributed by atoms with van der Waals surface area (Å²) in [5.74, 6) is -0.349. The molecule has 0 bridgehead atoms. The standard InChI is InChI=1S/C16H18BFN4/c1-16(3-5-21(2)6-4-16)11-9-19-22-14-12(17)7-10(18)8-13(14)20-15(11)22/h7-9,19H,3-6H2,1-2H3. The molecule has 2 aromatic heterocycles. The lowest BCUT2D eigenvalue weighted by molar-refractivity contribution is 0.201. The number of nitrogens with zero attached hydrogens (tertiary/aromatic N) is 3. The van der Waals surface area contributed by atoms with Crippen molar-refractivity contribution in [2.75, 3.05) is 20.1 Å². The van der Waals surface area contributed by atoms with Crippen LogP contribution in [0, 0.1) is 5.82 Å². The average Bonchev–Trinajstić information content (AvgIpc) is 3.00. The molecule has 3 heterocycles. The van der Waals surface area contributed by atoms with Gasteiger partial charge in [0.05, 0.1) is 11.0 Å². The molecule has 4 rings (SSSR count). The second-order valence-electron chi connectivity index (χ2n) is 6.68. The molecule has 22 heavy (non-hydrogen) atoms. The SMILES string of the molecule is [B]c1cc(F)cc2nc3c(C4(C)CCN(C)CC4)c[nH]n3c12. The zero-order valence-corrected chi connectivity index (χ0v) is 12.9. The van der Waals surface area contributed by atoms with Crippen molar-refractivity contribution in [3.63, 3.8) is 0 Å². The normalized spacial score (nSPS) is 19.2. The molecule has 1 N–H and O–H groups in total. The molecule has 4 nitrogen and oxygen atoms in total. The van der Waals surface area contributed by atoms with Crippen molar-refractivity contribution in [1.29, 1.82) is 0 Å². The van der Waals surface area contributed by atoms with E-state index < -0.39 is 0 Å². The van der Waals surface area contributed by atoms with Gasteiger partial charge in [0.25, 0.3) is 0 Å². The Hall–Kier alpha value is -1.82. The Labute approximate surface area is 129 Å². The van der Waals surface area contributed by atoms with E-state index in [-0.39, 0.29) is 11.2 Å². The van der Waals surface area contributed by atoms with Crippen LogP contribution in [0.2, 0.25) is 0 Å². The van der Waals surface area contributed by atoms with Gasteiger partial charge >= 0.3 is 0 Å². The largest absolute Gasteiger partial charge is 0.306 e. The third kappa shape index (κ3) is 1.90. The maximum atomic E-state index is 13.6. The van der Waals surface area contributed by atoms with Gasteiger partial charge in [-0.25, -0.2) is 13.9 Å². The van der Waals surface area contributed by atoms with Crippen LogP contribution in [0.25, 0.3) is 16.7 Å². The number of hydrogen-bond donors (Lipinski definition) is 1. The van der Waals surface area contributed by atoms with E-state index in [1.54, 1.807) is 0 Å². The number of aromatic amines is 1. The van der Waals surface area contributed by atoms with Crippen molar-refractivity contribution in [2.45, 2.75) is 25.2 Å². The minimum absolute atomic E-state index is 0.0858. The van der Waals surface area contributed by atoms with Crippen LogP contribution in [0.1, 0.15) is 25.3 Å². The minimum Gasteiger partial charge on any atom is -0.306 e. The third-order valence-electron chi connectivity index (χ3n) is 5.07. The van der Waals surface area contributed by atoms with Crippen molar-refractivity contribution >= 4 is 30.0 Å². The van der Waals surface area contributed by atoms with E-state index in [1.165, 1.54) is 17.7 Å². The molecule has 0 spiro atoms. The van der Waals surface area contributed by atoms with Gasteiger partial charge in [-0.05, 0) is 39.0 Å². The second kappa shape index (κ2) is 4.59. The number of rotatable bonds is 1. The lowest BCUT2D eigenvalue weighted by Gasteiger charge is -2.37. The first-order valence-corrected chi connectivity index (χ1v) is 7.61. The van der Waals surface area contributed by atoms with Crippen LogP contribution in [0.15, 0.2) is 18.3 Å². The molecule has 2 radical (unpaired) electrons. The van der Waals surface area contributed by atoms with Gasteiger partial charge in [-0.2, -0.15) is 0 Å². The van der Waals surface area contributed by atoms with Crippen molar-refractivity contribution < 1.29 is 4.39 Å². The number of H-pyrrole nitrogens is 1. The summed E-state index contributed by atoms with van der Waals surface area (Å²) in [6, 6.07) is 2.78. The lowest BCUT2D eigenvalue weighted by atomic mass is 9.75. The summed E-state index contributed by atoms with van der Waals surface area (Å²) < 4.78 is 15.4. The van der Waals surface area contributed by atoms with Crippen LogP contribution in [-0.4, -0.2) is 47.5 Å². The molecule has 1 fully saturated rings. The number of nitrogens with one attached hydrogen (secondary N) is 1. The predicted octanol–water partition coefficient (Wildman–Crippen LogP) is 1.73. The molecular formula is C16H18BFN4. The quantitative estimate of drug-likeness (QED) is 0.694. The maximum absolute atomic E-state index is 13.6.